The summed E-state index contributed by atoms with van der Waals surface area (Å²) in [6.07, 6.45) is 0. The number of ether oxygens (including phenoxy) is 3. The van der Waals surface area contributed by atoms with Crippen molar-refractivity contribution in [2.45, 2.75) is 0 Å². The summed E-state index contributed by atoms with van der Waals surface area (Å²) in [6, 6.07) is 11.3. The summed E-state index contributed by atoms with van der Waals surface area (Å²) in [4.78, 5) is 8.97. The van der Waals surface area contributed by atoms with Crippen LogP contribution in [0.2, 0.25) is 0 Å². The molecule has 0 atom stereocenters. The highest BCUT2D eigenvalue weighted by Gasteiger charge is 2.11. The molecule has 4 aromatic rings. The number of imidazole rings is 1. The van der Waals surface area contributed by atoms with Crippen LogP contribution in [-0.4, -0.2) is 40.9 Å². The van der Waals surface area contributed by atoms with Crippen molar-refractivity contribution < 1.29 is 14.2 Å². The van der Waals surface area contributed by atoms with Crippen molar-refractivity contribution in [1.82, 2.24) is 19.6 Å². The Bertz CT molecular complexity index is 1050. The predicted molar refractivity (Wildman–Crippen MR) is 94.2 cm³/mol. The Hall–Kier alpha value is -3.42. The first-order valence-electron chi connectivity index (χ1n) is 7.63. The third kappa shape index (κ3) is 2.57. The molecule has 25 heavy (non-hydrogen) atoms. The first-order valence-corrected chi connectivity index (χ1v) is 7.63. The number of hydrogen-bond acceptors (Lipinski definition) is 6. The van der Waals surface area contributed by atoms with Gasteiger partial charge in [-0.1, -0.05) is 0 Å². The van der Waals surface area contributed by atoms with E-state index in [2.05, 4.69) is 20.4 Å². The number of benzene rings is 2. The summed E-state index contributed by atoms with van der Waals surface area (Å²) < 4.78 is 17.6. The maximum absolute atomic E-state index is 5.31. The minimum absolute atomic E-state index is 0.575. The summed E-state index contributed by atoms with van der Waals surface area (Å²) >= 11 is 0. The van der Waals surface area contributed by atoms with Crippen molar-refractivity contribution in [3.05, 3.63) is 36.4 Å². The van der Waals surface area contributed by atoms with Gasteiger partial charge in [0.25, 0.3) is 5.78 Å². The fraction of sp³-hybridized carbons (Fsp3) is 0.176. The van der Waals surface area contributed by atoms with Gasteiger partial charge in [-0.3, -0.25) is 5.10 Å². The number of anilines is 2. The molecule has 0 aliphatic heterocycles. The van der Waals surface area contributed by atoms with Crippen LogP contribution < -0.4 is 19.5 Å². The standard InChI is InChI=1S/C17H17N5O3/c1-23-11-5-6-13-12(9-11)19-17-20-16(21-22(13)17)18-10-4-7-14(24-2)15(8-10)25-3/h4-9H,1-3H3,(H2,18,19,20,21). The molecule has 0 aliphatic carbocycles. The molecule has 0 fully saturated rings. The zero-order valence-corrected chi connectivity index (χ0v) is 14.0. The van der Waals surface area contributed by atoms with E-state index in [4.69, 9.17) is 14.2 Å². The maximum Gasteiger partial charge on any atom is 0.253 e. The fourth-order valence-electron chi connectivity index (χ4n) is 2.70. The molecular weight excluding hydrogens is 322 g/mol. The number of aromatic amines is 1. The molecule has 0 radical (unpaired) electrons. The van der Waals surface area contributed by atoms with E-state index in [1.54, 1.807) is 21.3 Å². The van der Waals surface area contributed by atoms with E-state index < -0.39 is 0 Å². The maximum atomic E-state index is 5.31. The van der Waals surface area contributed by atoms with Crippen LogP contribution in [0, 0.1) is 0 Å². The number of H-pyrrole nitrogens is 1. The molecule has 0 saturated heterocycles. The van der Waals surface area contributed by atoms with Gasteiger partial charge in [0.15, 0.2) is 11.5 Å². The van der Waals surface area contributed by atoms with Crippen LogP contribution in [0.5, 0.6) is 17.2 Å². The second-order valence-electron chi connectivity index (χ2n) is 5.37. The normalized spacial score (nSPS) is 11.0. The van der Waals surface area contributed by atoms with E-state index in [9.17, 15) is 0 Å². The number of aromatic nitrogens is 4. The molecule has 2 heterocycles. The number of nitrogens with one attached hydrogen (secondary N) is 2. The molecule has 2 aromatic carbocycles. The van der Waals surface area contributed by atoms with Gasteiger partial charge in [-0.15, -0.1) is 0 Å². The van der Waals surface area contributed by atoms with Crippen LogP contribution in [0.1, 0.15) is 0 Å². The highest BCUT2D eigenvalue weighted by atomic mass is 16.5. The monoisotopic (exact) mass is 339 g/mol. The zero-order chi connectivity index (χ0) is 17.4. The van der Waals surface area contributed by atoms with Gasteiger partial charge in [0.2, 0.25) is 5.95 Å². The average molecular weight is 339 g/mol. The van der Waals surface area contributed by atoms with Crippen molar-refractivity contribution in [3.8, 4) is 17.2 Å². The molecule has 0 bridgehead atoms. The lowest BCUT2D eigenvalue weighted by Gasteiger charge is -2.09. The SMILES string of the molecule is COc1ccc2c(c1)nc1nc(Nc3ccc(OC)c(OC)c3)[nH]n12. The number of hydrogen-bond donors (Lipinski definition) is 2. The summed E-state index contributed by atoms with van der Waals surface area (Å²) in [7, 11) is 4.84. The smallest absolute Gasteiger partial charge is 0.253 e. The molecule has 2 aromatic heterocycles. The Morgan fingerprint density at radius 2 is 1.76 bits per heavy atom. The van der Waals surface area contributed by atoms with Crippen molar-refractivity contribution in [2.24, 2.45) is 0 Å². The van der Waals surface area contributed by atoms with Gasteiger partial charge in [-0.25, -0.2) is 9.50 Å². The topological polar surface area (TPSA) is 85.7 Å². The number of methoxy groups -OCH3 is 3. The van der Waals surface area contributed by atoms with E-state index in [0.717, 1.165) is 22.5 Å². The highest BCUT2D eigenvalue weighted by molar-refractivity contribution is 5.81. The van der Waals surface area contributed by atoms with Crippen LogP contribution in [0.15, 0.2) is 36.4 Å². The summed E-state index contributed by atoms with van der Waals surface area (Å²) in [5.74, 6) is 3.22. The van der Waals surface area contributed by atoms with E-state index in [-0.39, 0.29) is 0 Å². The number of nitrogens with zero attached hydrogens (tertiary/aromatic N) is 3. The Morgan fingerprint density at radius 3 is 2.52 bits per heavy atom. The summed E-state index contributed by atoms with van der Waals surface area (Å²) in [6.45, 7) is 0. The highest BCUT2D eigenvalue weighted by Crippen LogP contribution is 2.31. The average Bonchev–Trinajstić information content (AvgIpc) is 3.17. The summed E-state index contributed by atoms with van der Waals surface area (Å²) in [5, 5.41) is 6.39. The van der Waals surface area contributed by atoms with Gasteiger partial charge in [-0.2, -0.15) is 4.98 Å². The lowest BCUT2D eigenvalue weighted by Crippen LogP contribution is -1.96. The van der Waals surface area contributed by atoms with E-state index in [0.29, 0.717) is 23.2 Å². The van der Waals surface area contributed by atoms with Gasteiger partial charge in [0, 0.05) is 17.8 Å². The number of rotatable bonds is 5. The van der Waals surface area contributed by atoms with E-state index in [1.165, 1.54) is 0 Å². The molecule has 4 rings (SSSR count). The van der Waals surface area contributed by atoms with Gasteiger partial charge < -0.3 is 19.5 Å². The van der Waals surface area contributed by atoms with Crippen LogP contribution in [0.4, 0.5) is 11.6 Å². The third-order valence-electron chi connectivity index (χ3n) is 3.92. The van der Waals surface area contributed by atoms with E-state index in [1.807, 2.05) is 40.9 Å². The van der Waals surface area contributed by atoms with Crippen molar-refractivity contribution in [3.63, 3.8) is 0 Å². The molecule has 0 spiro atoms. The minimum atomic E-state index is 0.575. The molecule has 0 amide bonds. The molecule has 2 N–H and O–H groups in total. The van der Waals surface area contributed by atoms with Crippen molar-refractivity contribution in [1.29, 1.82) is 0 Å². The summed E-state index contributed by atoms with van der Waals surface area (Å²) in [5.41, 5.74) is 2.56. The third-order valence-corrected chi connectivity index (χ3v) is 3.92. The van der Waals surface area contributed by atoms with Crippen molar-refractivity contribution in [2.75, 3.05) is 26.6 Å². The Morgan fingerprint density at radius 1 is 0.920 bits per heavy atom. The van der Waals surface area contributed by atoms with Gasteiger partial charge in [-0.05, 0) is 24.3 Å². The molecule has 8 heteroatoms. The Balaban J connectivity index is 1.68. The van der Waals surface area contributed by atoms with Gasteiger partial charge in [0.1, 0.15) is 5.75 Å². The lowest BCUT2D eigenvalue weighted by molar-refractivity contribution is 0.355. The first kappa shape index (κ1) is 15.1. The molecule has 0 saturated carbocycles. The molecular formula is C17H17N5O3. The van der Waals surface area contributed by atoms with Crippen LogP contribution in [0.3, 0.4) is 0 Å². The predicted octanol–water partition coefficient (Wildman–Crippen LogP) is 2.98. The molecule has 0 aliphatic rings. The fourth-order valence-corrected chi connectivity index (χ4v) is 2.70. The molecule has 128 valence electrons. The minimum Gasteiger partial charge on any atom is -0.497 e. The van der Waals surface area contributed by atoms with Crippen molar-refractivity contribution >= 4 is 28.4 Å². The first-order chi connectivity index (χ1) is 12.2. The lowest BCUT2D eigenvalue weighted by atomic mass is 10.3. The number of fused-ring (bicyclic) bond motifs is 3. The molecule has 8 nitrogen and oxygen atoms in total. The second-order valence-corrected chi connectivity index (χ2v) is 5.37. The Labute approximate surface area is 143 Å². The Kier molecular flexibility index (Phi) is 3.57. The second kappa shape index (κ2) is 5.90. The quantitative estimate of drug-likeness (QED) is 0.581. The largest absolute Gasteiger partial charge is 0.497 e. The van der Waals surface area contributed by atoms with Crippen LogP contribution >= 0.6 is 0 Å². The zero-order valence-electron chi connectivity index (χ0n) is 14.0. The van der Waals surface area contributed by atoms with E-state index >= 15 is 0 Å². The van der Waals surface area contributed by atoms with Crippen LogP contribution in [0.25, 0.3) is 16.8 Å². The van der Waals surface area contributed by atoms with Crippen LogP contribution in [-0.2, 0) is 0 Å². The van der Waals surface area contributed by atoms with Gasteiger partial charge >= 0.3 is 0 Å². The molecule has 0 unspecified atom stereocenters. The van der Waals surface area contributed by atoms with Gasteiger partial charge in [0.05, 0.1) is 32.4 Å².